The standard InChI is InChI=1S/C23H22N4O4S/c1-2-15-31-18-9-7-17(8-10-18)16-21-22(28)24-23(32-21)26-13-11-25(12-14-26)19-5-3-4-6-20(19)27(29)30/h2-10,16H,1,11-15H2. The smallest absolute Gasteiger partial charge is 0.292 e. The van der Waals surface area contributed by atoms with Crippen LogP contribution in [0.1, 0.15) is 5.56 Å². The number of ether oxygens (including phenoxy) is 1. The lowest BCUT2D eigenvalue weighted by Gasteiger charge is -2.36. The minimum Gasteiger partial charge on any atom is -0.490 e. The number of hydrogen-bond acceptors (Lipinski definition) is 7. The van der Waals surface area contributed by atoms with E-state index in [-0.39, 0.29) is 16.5 Å². The molecule has 0 unspecified atom stereocenters. The molecule has 2 aliphatic heterocycles. The van der Waals surface area contributed by atoms with Crippen LogP contribution in [0.25, 0.3) is 6.08 Å². The number of para-hydroxylation sites is 2. The average Bonchev–Trinajstić information content (AvgIpc) is 3.18. The first-order valence-corrected chi connectivity index (χ1v) is 11.0. The van der Waals surface area contributed by atoms with Gasteiger partial charge in [-0.2, -0.15) is 4.99 Å². The lowest BCUT2D eigenvalue weighted by Crippen LogP contribution is -2.48. The highest BCUT2D eigenvalue weighted by Crippen LogP contribution is 2.33. The maximum Gasteiger partial charge on any atom is 0.292 e. The maximum atomic E-state index is 12.4. The van der Waals surface area contributed by atoms with Gasteiger partial charge >= 0.3 is 0 Å². The molecule has 0 N–H and O–H groups in total. The van der Waals surface area contributed by atoms with Crippen LogP contribution in [0.4, 0.5) is 11.4 Å². The third-order valence-corrected chi connectivity index (χ3v) is 6.17. The summed E-state index contributed by atoms with van der Waals surface area (Å²) in [5, 5.41) is 12.0. The van der Waals surface area contributed by atoms with Crippen LogP contribution in [0, 0.1) is 10.1 Å². The number of carbonyl (C=O) groups excluding carboxylic acids is 1. The first-order valence-electron chi connectivity index (χ1n) is 10.1. The molecule has 2 aliphatic rings. The number of benzene rings is 2. The van der Waals surface area contributed by atoms with Crippen molar-refractivity contribution >= 4 is 40.3 Å². The van der Waals surface area contributed by atoms with E-state index in [2.05, 4.69) is 16.5 Å². The van der Waals surface area contributed by atoms with Crippen molar-refractivity contribution in [1.82, 2.24) is 4.90 Å². The number of nitro groups is 1. The van der Waals surface area contributed by atoms with Gasteiger partial charge in [0.1, 0.15) is 18.0 Å². The molecule has 4 rings (SSSR count). The number of anilines is 1. The number of aliphatic imine (C=N–C) groups is 1. The fraction of sp³-hybridized carbons (Fsp3) is 0.217. The zero-order valence-electron chi connectivity index (χ0n) is 17.3. The predicted molar refractivity (Wildman–Crippen MR) is 127 cm³/mol. The number of amidine groups is 1. The molecule has 0 aliphatic carbocycles. The molecule has 0 bridgehead atoms. The number of thioether (sulfide) groups is 1. The topological polar surface area (TPSA) is 88.3 Å². The van der Waals surface area contributed by atoms with Crippen molar-refractivity contribution in [3.63, 3.8) is 0 Å². The Labute approximate surface area is 190 Å². The second-order valence-corrected chi connectivity index (χ2v) is 8.21. The summed E-state index contributed by atoms with van der Waals surface area (Å²) in [5.74, 6) is 0.490. The summed E-state index contributed by atoms with van der Waals surface area (Å²) in [7, 11) is 0. The molecule has 1 amide bonds. The van der Waals surface area contributed by atoms with E-state index in [0.717, 1.165) is 11.3 Å². The summed E-state index contributed by atoms with van der Waals surface area (Å²) in [6.07, 6.45) is 3.51. The molecule has 164 valence electrons. The predicted octanol–water partition coefficient (Wildman–Crippen LogP) is 3.95. The van der Waals surface area contributed by atoms with Gasteiger partial charge in [0.25, 0.3) is 11.6 Å². The number of nitrogens with zero attached hydrogens (tertiary/aromatic N) is 4. The number of piperazine rings is 1. The minimum absolute atomic E-state index is 0.106. The Morgan fingerprint density at radius 3 is 2.47 bits per heavy atom. The van der Waals surface area contributed by atoms with Crippen molar-refractivity contribution in [2.24, 2.45) is 4.99 Å². The van der Waals surface area contributed by atoms with Crippen LogP contribution in [0.15, 0.2) is 71.1 Å². The normalized spacial score (nSPS) is 17.4. The molecule has 2 aromatic carbocycles. The van der Waals surface area contributed by atoms with Gasteiger partial charge in [0.15, 0.2) is 5.17 Å². The summed E-state index contributed by atoms with van der Waals surface area (Å²) in [6, 6.07) is 14.3. The van der Waals surface area contributed by atoms with Crippen molar-refractivity contribution < 1.29 is 14.5 Å². The summed E-state index contributed by atoms with van der Waals surface area (Å²) in [6.45, 7) is 6.56. The fourth-order valence-corrected chi connectivity index (χ4v) is 4.49. The highest BCUT2D eigenvalue weighted by atomic mass is 32.2. The van der Waals surface area contributed by atoms with Crippen molar-refractivity contribution in [1.29, 1.82) is 0 Å². The number of hydrogen-bond donors (Lipinski definition) is 0. The van der Waals surface area contributed by atoms with Gasteiger partial charge in [0.05, 0.1) is 9.83 Å². The van der Waals surface area contributed by atoms with E-state index in [1.165, 1.54) is 17.8 Å². The van der Waals surface area contributed by atoms with Crippen LogP contribution in [0.3, 0.4) is 0 Å². The SMILES string of the molecule is C=CCOc1ccc(C=C2SC(N3CCN(c4ccccc4[N+](=O)[O-])CC3)=NC2=O)cc1. The van der Waals surface area contributed by atoms with Gasteiger partial charge in [-0.25, -0.2) is 0 Å². The zero-order chi connectivity index (χ0) is 22.5. The third kappa shape index (κ3) is 4.83. The van der Waals surface area contributed by atoms with Gasteiger partial charge in [-0.3, -0.25) is 14.9 Å². The van der Waals surface area contributed by atoms with Crippen LogP contribution >= 0.6 is 11.8 Å². The van der Waals surface area contributed by atoms with Crippen molar-refractivity contribution in [3.8, 4) is 5.75 Å². The molecular formula is C23H22N4O4S. The molecule has 9 heteroatoms. The first kappa shape index (κ1) is 21.6. The molecule has 32 heavy (non-hydrogen) atoms. The molecule has 0 saturated carbocycles. The summed E-state index contributed by atoms with van der Waals surface area (Å²) < 4.78 is 5.48. The lowest BCUT2D eigenvalue weighted by molar-refractivity contribution is -0.384. The summed E-state index contributed by atoms with van der Waals surface area (Å²) >= 11 is 1.36. The van der Waals surface area contributed by atoms with Gasteiger partial charge in [-0.05, 0) is 41.6 Å². The Balaban J connectivity index is 1.38. The van der Waals surface area contributed by atoms with Gasteiger partial charge in [0.2, 0.25) is 0 Å². The third-order valence-electron chi connectivity index (χ3n) is 5.12. The molecule has 1 saturated heterocycles. The van der Waals surface area contributed by atoms with Crippen LogP contribution in [-0.2, 0) is 4.79 Å². The van der Waals surface area contributed by atoms with Crippen molar-refractivity contribution in [2.45, 2.75) is 0 Å². The van der Waals surface area contributed by atoms with E-state index in [0.29, 0.717) is 48.5 Å². The largest absolute Gasteiger partial charge is 0.490 e. The zero-order valence-corrected chi connectivity index (χ0v) is 18.2. The highest BCUT2D eigenvalue weighted by Gasteiger charge is 2.30. The van der Waals surface area contributed by atoms with E-state index in [4.69, 9.17) is 4.74 Å². The molecule has 1 fully saturated rings. The molecule has 0 radical (unpaired) electrons. The van der Waals surface area contributed by atoms with Crippen LogP contribution in [0.2, 0.25) is 0 Å². The average molecular weight is 451 g/mol. The summed E-state index contributed by atoms with van der Waals surface area (Å²) in [5.41, 5.74) is 1.62. The lowest BCUT2D eigenvalue weighted by atomic mass is 10.2. The maximum absolute atomic E-state index is 12.4. The Morgan fingerprint density at radius 2 is 1.78 bits per heavy atom. The van der Waals surface area contributed by atoms with E-state index in [1.54, 1.807) is 24.3 Å². The van der Waals surface area contributed by atoms with Gasteiger partial charge < -0.3 is 14.5 Å². The van der Waals surface area contributed by atoms with Gasteiger partial charge in [-0.1, -0.05) is 36.9 Å². The molecule has 0 spiro atoms. The molecular weight excluding hydrogens is 428 g/mol. The molecule has 0 atom stereocenters. The Morgan fingerprint density at radius 1 is 1.09 bits per heavy atom. The van der Waals surface area contributed by atoms with E-state index in [1.807, 2.05) is 35.2 Å². The number of nitro benzene ring substituents is 1. The second kappa shape index (κ2) is 9.69. The van der Waals surface area contributed by atoms with Gasteiger partial charge in [-0.15, -0.1) is 0 Å². The van der Waals surface area contributed by atoms with E-state index in [9.17, 15) is 14.9 Å². The van der Waals surface area contributed by atoms with Crippen LogP contribution in [-0.4, -0.2) is 53.7 Å². The fourth-order valence-electron chi connectivity index (χ4n) is 3.52. The van der Waals surface area contributed by atoms with Gasteiger partial charge in [0, 0.05) is 32.2 Å². The Bertz CT molecular complexity index is 1090. The van der Waals surface area contributed by atoms with E-state index >= 15 is 0 Å². The second-order valence-electron chi connectivity index (χ2n) is 7.20. The number of amides is 1. The number of rotatable bonds is 6. The Hall–Kier alpha value is -3.59. The molecule has 0 aromatic heterocycles. The number of carbonyl (C=O) groups is 1. The highest BCUT2D eigenvalue weighted by molar-refractivity contribution is 8.18. The Kier molecular flexibility index (Phi) is 6.55. The molecule has 2 aromatic rings. The van der Waals surface area contributed by atoms with Crippen molar-refractivity contribution in [2.75, 3.05) is 37.7 Å². The van der Waals surface area contributed by atoms with E-state index < -0.39 is 0 Å². The van der Waals surface area contributed by atoms with Crippen molar-refractivity contribution in [3.05, 3.63) is 81.8 Å². The van der Waals surface area contributed by atoms with Crippen LogP contribution < -0.4 is 9.64 Å². The molecule has 2 heterocycles. The molecule has 8 nitrogen and oxygen atoms in total. The monoisotopic (exact) mass is 450 g/mol. The first-order chi connectivity index (χ1) is 15.5. The summed E-state index contributed by atoms with van der Waals surface area (Å²) in [4.78, 5) is 32.2. The quantitative estimate of drug-likeness (QED) is 0.285. The van der Waals surface area contributed by atoms with Crippen LogP contribution in [0.5, 0.6) is 5.75 Å². The minimum atomic E-state index is -0.355.